The fourth-order valence-corrected chi connectivity index (χ4v) is 3.74. The molecule has 0 saturated carbocycles. The summed E-state index contributed by atoms with van der Waals surface area (Å²) in [6.45, 7) is 7.65. The fraction of sp³-hybridized carbons (Fsp3) is 0.375. The Hall–Kier alpha value is -1.68. The molecular weight excluding hydrogens is 441 g/mol. The molecule has 3 rings (SSSR count). The van der Waals surface area contributed by atoms with Gasteiger partial charge in [0.2, 0.25) is 0 Å². The second-order valence-electron chi connectivity index (χ2n) is 7.22. The van der Waals surface area contributed by atoms with Crippen molar-refractivity contribution in [2.75, 3.05) is 13.2 Å². The molecule has 1 unspecified atom stereocenters. The van der Waals surface area contributed by atoms with Crippen LogP contribution < -0.4 is 9.47 Å². The number of nitrogens with zero attached hydrogens (tertiary/aromatic N) is 1. The number of rotatable bonds is 8. The fourth-order valence-electron chi connectivity index (χ4n) is 3.27. The van der Waals surface area contributed by atoms with E-state index in [1.165, 1.54) is 5.56 Å². The number of hydrogen-bond acceptors (Lipinski definition) is 3. The van der Waals surface area contributed by atoms with Crippen molar-refractivity contribution in [1.29, 1.82) is 0 Å². The zero-order valence-electron chi connectivity index (χ0n) is 17.6. The Bertz CT molecular complexity index is 925. The minimum Gasteiger partial charge on any atom is -0.490 e. The maximum atomic E-state index is 6.32. The van der Waals surface area contributed by atoms with Crippen LogP contribution in [0.15, 0.2) is 41.4 Å². The molecule has 0 bridgehead atoms. The van der Waals surface area contributed by atoms with E-state index in [4.69, 9.17) is 37.7 Å². The average Bonchev–Trinajstić information content (AvgIpc) is 2.69. The molecule has 2 aromatic rings. The SMILES string of the molecule is CCCOc1cc2c(cc1OCCC)C(/C=C/c1ccc(Cl)cc1Cl)=NC(C)C2.Cl. The van der Waals surface area contributed by atoms with Crippen LogP contribution in [0.5, 0.6) is 11.5 Å². The van der Waals surface area contributed by atoms with Crippen LogP contribution in [0.2, 0.25) is 10.0 Å². The predicted molar refractivity (Wildman–Crippen MR) is 130 cm³/mol. The van der Waals surface area contributed by atoms with Crippen molar-refractivity contribution in [3.8, 4) is 11.5 Å². The number of allylic oxidation sites excluding steroid dienone is 1. The van der Waals surface area contributed by atoms with Gasteiger partial charge in [-0.05, 0) is 67.7 Å². The highest BCUT2D eigenvalue weighted by Gasteiger charge is 2.21. The van der Waals surface area contributed by atoms with E-state index in [1.807, 2.05) is 24.3 Å². The van der Waals surface area contributed by atoms with Crippen LogP contribution in [0, 0.1) is 0 Å². The lowest BCUT2D eigenvalue weighted by molar-refractivity contribution is 0.268. The van der Waals surface area contributed by atoms with E-state index in [9.17, 15) is 0 Å². The zero-order valence-corrected chi connectivity index (χ0v) is 19.9. The topological polar surface area (TPSA) is 30.8 Å². The Labute approximate surface area is 195 Å². The highest BCUT2D eigenvalue weighted by molar-refractivity contribution is 6.35. The van der Waals surface area contributed by atoms with Gasteiger partial charge in [0.25, 0.3) is 0 Å². The third kappa shape index (κ3) is 6.16. The first kappa shape index (κ1) is 24.6. The predicted octanol–water partition coefficient (Wildman–Crippen LogP) is 7.44. The van der Waals surface area contributed by atoms with Gasteiger partial charge in [0, 0.05) is 15.6 Å². The molecule has 2 aromatic carbocycles. The maximum Gasteiger partial charge on any atom is 0.161 e. The number of halogens is 3. The van der Waals surface area contributed by atoms with Crippen LogP contribution in [0.3, 0.4) is 0 Å². The third-order valence-electron chi connectivity index (χ3n) is 4.63. The Morgan fingerprint density at radius 2 is 1.67 bits per heavy atom. The number of fused-ring (bicyclic) bond motifs is 1. The summed E-state index contributed by atoms with van der Waals surface area (Å²) in [7, 11) is 0. The molecule has 1 aliphatic heterocycles. The smallest absolute Gasteiger partial charge is 0.161 e. The number of benzene rings is 2. The minimum atomic E-state index is 0. The molecule has 0 fully saturated rings. The Morgan fingerprint density at radius 3 is 2.30 bits per heavy atom. The van der Waals surface area contributed by atoms with Crippen molar-refractivity contribution in [2.24, 2.45) is 4.99 Å². The molecule has 0 amide bonds. The molecule has 1 aliphatic rings. The van der Waals surface area contributed by atoms with E-state index in [0.717, 1.165) is 47.6 Å². The first-order chi connectivity index (χ1) is 14.0. The molecule has 0 aliphatic carbocycles. The van der Waals surface area contributed by atoms with Crippen LogP contribution in [0.25, 0.3) is 6.08 Å². The van der Waals surface area contributed by atoms with Gasteiger partial charge in [-0.3, -0.25) is 4.99 Å². The monoisotopic (exact) mass is 467 g/mol. The van der Waals surface area contributed by atoms with Gasteiger partial charge in [0.05, 0.1) is 25.0 Å². The van der Waals surface area contributed by atoms with Gasteiger partial charge in [-0.1, -0.05) is 49.2 Å². The summed E-state index contributed by atoms with van der Waals surface area (Å²) in [5.74, 6) is 1.59. The lowest BCUT2D eigenvalue weighted by Crippen LogP contribution is -2.18. The Kier molecular flexibility index (Phi) is 9.54. The first-order valence-electron chi connectivity index (χ1n) is 10.2. The van der Waals surface area contributed by atoms with Gasteiger partial charge in [0.1, 0.15) is 0 Å². The summed E-state index contributed by atoms with van der Waals surface area (Å²) in [4.78, 5) is 4.86. The molecule has 0 saturated heterocycles. The molecule has 0 radical (unpaired) electrons. The molecule has 0 aromatic heterocycles. The van der Waals surface area contributed by atoms with E-state index < -0.39 is 0 Å². The third-order valence-corrected chi connectivity index (χ3v) is 5.19. The molecular formula is C24H28Cl3NO2. The van der Waals surface area contributed by atoms with E-state index in [0.29, 0.717) is 23.3 Å². The van der Waals surface area contributed by atoms with Crippen LogP contribution >= 0.6 is 35.6 Å². The summed E-state index contributed by atoms with van der Waals surface area (Å²) in [5.41, 5.74) is 4.14. The molecule has 6 heteroatoms. The summed E-state index contributed by atoms with van der Waals surface area (Å²) < 4.78 is 11.9. The second kappa shape index (κ2) is 11.6. The summed E-state index contributed by atoms with van der Waals surface area (Å²) >= 11 is 12.3. The lowest BCUT2D eigenvalue weighted by atomic mass is 9.93. The molecule has 1 atom stereocenters. The van der Waals surface area contributed by atoms with Crippen LogP contribution in [-0.4, -0.2) is 25.0 Å². The maximum absolute atomic E-state index is 6.32. The quantitative estimate of drug-likeness (QED) is 0.403. The van der Waals surface area contributed by atoms with E-state index in [-0.39, 0.29) is 18.4 Å². The number of hydrogen-bond donors (Lipinski definition) is 0. The Balaban J connectivity index is 0.00000320. The summed E-state index contributed by atoms with van der Waals surface area (Å²) in [6.07, 6.45) is 6.77. The van der Waals surface area contributed by atoms with Crippen molar-refractivity contribution in [1.82, 2.24) is 0 Å². The van der Waals surface area contributed by atoms with E-state index in [2.05, 4.69) is 32.9 Å². The van der Waals surface area contributed by atoms with E-state index >= 15 is 0 Å². The van der Waals surface area contributed by atoms with Crippen LogP contribution in [0.1, 0.15) is 50.3 Å². The molecule has 162 valence electrons. The average molecular weight is 469 g/mol. The van der Waals surface area contributed by atoms with Gasteiger partial charge in [-0.2, -0.15) is 0 Å². The lowest BCUT2D eigenvalue weighted by Gasteiger charge is -2.22. The standard InChI is InChI=1S/C24H27Cl2NO2.ClH/c1-4-10-28-23-13-18-12-16(3)27-22(20(18)15-24(23)29-11-5-2)9-7-17-6-8-19(25)14-21(17)26;/h6-9,13-16H,4-5,10-12H2,1-3H3;1H/b9-7+;. The zero-order chi connectivity index (χ0) is 20.8. The van der Waals surface area contributed by atoms with E-state index in [1.54, 1.807) is 6.07 Å². The Morgan fingerprint density at radius 1 is 1.00 bits per heavy atom. The largest absolute Gasteiger partial charge is 0.490 e. The summed E-state index contributed by atoms with van der Waals surface area (Å²) in [6, 6.07) is 9.87. The van der Waals surface area contributed by atoms with Gasteiger partial charge >= 0.3 is 0 Å². The van der Waals surface area contributed by atoms with Crippen molar-refractivity contribution in [2.45, 2.75) is 46.1 Å². The first-order valence-corrected chi connectivity index (χ1v) is 10.9. The number of aliphatic imine (C=N–C) groups is 1. The van der Waals surface area contributed by atoms with Crippen molar-refractivity contribution >= 4 is 47.4 Å². The molecule has 1 heterocycles. The molecule has 0 spiro atoms. The van der Waals surface area contributed by atoms with Crippen LogP contribution in [0.4, 0.5) is 0 Å². The van der Waals surface area contributed by atoms with Crippen LogP contribution in [-0.2, 0) is 6.42 Å². The molecule has 3 nitrogen and oxygen atoms in total. The highest BCUT2D eigenvalue weighted by atomic mass is 35.5. The normalized spacial score (nSPS) is 15.4. The minimum absolute atomic E-state index is 0. The molecule has 30 heavy (non-hydrogen) atoms. The van der Waals surface area contributed by atoms with Gasteiger partial charge in [0.15, 0.2) is 11.5 Å². The summed E-state index contributed by atoms with van der Waals surface area (Å²) in [5, 5.41) is 1.24. The molecule has 0 N–H and O–H groups in total. The second-order valence-corrected chi connectivity index (χ2v) is 8.06. The highest BCUT2D eigenvalue weighted by Crippen LogP contribution is 2.35. The van der Waals surface area contributed by atoms with Gasteiger partial charge in [-0.15, -0.1) is 12.4 Å². The van der Waals surface area contributed by atoms with Crippen molar-refractivity contribution < 1.29 is 9.47 Å². The van der Waals surface area contributed by atoms with Crippen molar-refractivity contribution in [3.05, 3.63) is 63.1 Å². The number of ether oxygens (including phenoxy) is 2. The van der Waals surface area contributed by atoms with Gasteiger partial charge in [-0.25, -0.2) is 0 Å². The van der Waals surface area contributed by atoms with Gasteiger partial charge < -0.3 is 9.47 Å². The van der Waals surface area contributed by atoms with Crippen molar-refractivity contribution in [3.63, 3.8) is 0 Å².